The molecule has 1 aromatic carbocycles. The molecular formula is C29H48N4O5. The van der Waals surface area contributed by atoms with Gasteiger partial charge in [0.15, 0.2) is 0 Å². The molecule has 9 heteroatoms. The second kappa shape index (κ2) is 16.7. The molecule has 0 saturated carbocycles. The van der Waals surface area contributed by atoms with Gasteiger partial charge in [-0.3, -0.25) is 14.4 Å². The molecule has 0 spiro atoms. The number of aryl methyl sites for hydroxylation is 1. The van der Waals surface area contributed by atoms with Gasteiger partial charge >= 0.3 is 6.09 Å². The van der Waals surface area contributed by atoms with Crippen molar-refractivity contribution in [2.45, 2.75) is 111 Å². The monoisotopic (exact) mass is 532 g/mol. The Hall–Kier alpha value is -3.10. The number of rotatable bonds is 16. The van der Waals surface area contributed by atoms with Crippen molar-refractivity contribution in [3.63, 3.8) is 0 Å². The van der Waals surface area contributed by atoms with Gasteiger partial charge < -0.3 is 26.0 Å². The summed E-state index contributed by atoms with van der Waals surface area (Å²) in [7, 11) is 0. The molecule has 0 bridgehead atoms. The van der Waals surface area contributed by atoms with E-state index in [1.165, 1.54) is 4.90 Å². The summed E-state index contributed by atoms with van der Waals surface area (Å²) in [5.74, 6) is -1.60. The van der Waals surface area contributed by atoms with Crippen molar-refractivity contribution in [3.05, 3.63) is 35.4 Å². The third kappa shape index (κ3) is 12.0. The van der Waals surface area contributed by atoms with E-state index in [1.807, 2.05) is 38.1 Å². The highest BCUT2D eigenvalue weighted by Crippen LogP contribution is 2.27. The van der Waals surface area contributed by atoms with Crippen molar-refractivity contribution in [1.29, 1.82) is 0 Å². The van der Waals surface area contributed by atoms with Crippen molar-refractivity contribution in [1.82, 2.24) is 15.5 Å². The third-order valence-corrected chi connectivity index (χ3v) is 6.05. The van der Waals surface area contributed by atoms with Gasteiger partial charge in [-0.05, 0) is 51.7 Å². The van der Waals surface area contributed by atoms with Crippen LogP contribution in [-0.4, -0.2) is 53.4 Å². The van der Waals surface area contributed by atoms with Gasteiger partial charge in [-0.2, -0.15) is 0 Å². The van der Waals surface area contributed by atoms with Crippen LogP contribution in [0.3, 0.4) is 0 Å². The minimum Gasteiger partial charge on any atom is -0.444 e. The highest BCUT2D eigenvalue weighted by atomic mass is 16.6. The van der Waals surface area contributed by atoms with Gasteiger partial charge in [0.1, 0.15) is 17.7 Å². The fraction of sp³-hybridized carbons (Fsp3) is 0.655. The lowest BCUT2D eigenvalue weighted by molar-refractivity contribution is -0.143. The first-order valence-electron chi connectivity index (χ1n) is 13.8. The fourth-order valence-electron chi connectivity index (χ4n) is 4.13. The number of unbranched alkanes of at least 4 members (excludes halogenated alkanes) is 5. The molecular weight excluding hydrogens is 484 g/mol. The van der Waals surface area contributed by atoms with E-state index in [9.17, 15) is 19.2 Å². The van der Waals surface area contributed by atoms with Crippen LogP contribution in [0.4, 0.5) is 4.79 Å². The average molecular weight is 533 g/mol. The van der Waals surface area contributed by atoms with E-state index in [2.05, 4.69) is 17.6 Å². The van der Waals surface area contributed by atoms with Crippen LogP contribution in [0.5, 0.6) is 0 Å². The second-order valence-corrected chi connectivity index (χ2v) is 10.7. The predicted molar refractivity (Wildman–Crippen MR) is 149 cm³/mol. The quantitative estimate of drug-likeness (QED) is 0.269. The molecule has 1 rings (SSSR count). The zero-order chi connectivity index (χ0) is 28.7. The first-order chi connectivity index (χ1) is 17.9. The summed E-state index contributed by atoms with van der Waals surface area (Å²) in [5, 5.41) is 5.49. The summed E-state index contributed by atoms with van der Waals surface area (Å²) in [6, 6.07) is 5.24. The molecule has 2 unspecified atom stereocenters. The standard InChI is InChI=1S/C29H48N4O5/c1-7-9-11-12-15-19-33(27(36)23(20-24(30)34)32-28(37)38-29(4,5)6)25(26(35)31-18-10-8-2)22-17-14-13-16-21(22)3/h13-14,16-17,23,25H,7-12,15,18-20H2,1-6H3,(H2,30,34)(H,31,35)(H,32,37). The summed E-state index contributed by atoms with van der Waals surface area (Å²) in [6.45, 7) is 11.9. The molecule has 4 amide bonds. The topological polar surface area (TPSA) is 131 Å². The lowest BCUT2D eigenvalue weighted by atomic mass is 9.97. The maximum atomic E-state index is 14.0. The van der Waals surface area contributed by atoms with Gasteiger partial charge in [0.25, 0.3) is 0 Å². The van der Waals surface area contributed by atoms with Crippen molar-refractivity contribution in [2.24, 2.45) is 5.73 Å². The molecule has 1 aromatic rings. The normalized spacial score (nSPS) is 12.8. The molecule has 0 aliphatic heterocycles. The first kappa shape index (κ1) is 32.9. The third-order valence-electron chi connectivity index (χ3n) is 6.05. The molecule has 4 N–H and O–H groups in total. The summed E-state index contributed by atoms with van der Waals surface area (Å²) >= 11 is 0. The summed E-state index contributed by atoms with van der Waals surface area (Å²) in [6.07, 6.45) is 5.20. The van der Waals surface area contributed by atoms with Crippen LogP contribution in [0.1, 0.15) is 103 Å². The van der Waals surface area contributed by atoms with E-state index in [4.69, 9.17) is 10.5 Å². The maximum Gasteiger partial charge on any atom is 0.408 e. The zero-order valence-electron chi connectivity index (χ0n) is 24.1. The van der Waals surface area contributed by atoms with Crippen molar-refractivity contribution >= 4 is 23.8 Å². The molecule has 38 heavy (non-hydrogen) atoms. The smallest absolute Gasteiger partial charge is 0.408 e. The van der Waals surface area contributed by atoms with Crippen molar-refractivity contribution in [2.75, 3.05) is 13.1 Å². The number of ether oxygens (including phenoxy) is 1. The van der Waals surface area contributed by atoms with Crippen LogP contribution in [0.2, 0.25) is 0 Å². The van der Waals surface area contributed by atoms with E-state index in [-0.39, 0.29) is 12.5 Å². The average Bonchev–Trinajstić information content (AvgIpc) is 2.82. The van der Waals surface area contributed by atoms with Crippen LogP contribution in [0.15, 0.2) is 24.3 Å². The zero-order valence-corrected chi connectivity index (χ0v) is 24.1. The fourth-order valence-corrected chi connectivity index (χ4v) is 4.13. The summed E-state index contributed by atoms with van der Waals surface area (Å²) in [5.41, 5.74) is 6.21. The van der Waals surface area contributed by atoms with Crippen molar-refractivity contribution in [3.8, 4) is 0 Å². The number of nitrogens with one attached hydrogen (secondary N) is 2. The second-order valence-electron chi connectivity index (χ2n) is 10.7. The number of carbonyl (C=O) groups excluding carboxylic acids is 4. The van der Waals surface area contributed by atoms with Gasteiger partial charge in [0.05, 0.1) is 6.42 Å². The van der Waals surface area contributed by atoms with E-state index in [0.29, 0.717) is 18.5 Å². The molecule has 0 saturated heterocycles. The van der Waals surface area contributed by atoms with Gasteiger partial charge in [0.2, 0.25) is 17.7 Å². The van der Waals surface area contributed by atoms with Crippen molar-refractivity contribution < 1.29 is 23.9 Å². The number of nitrogens with two attached hydrogens (primary N) is 1. The molecule has 0 heterocycles. The van der Waals surface area contributed by atoms with Crippen LogP contribution < -0.4 is 16.4 Å². The Morgan fingerprint density at radius 1 is 0.974 bits per heavy atom. The summed E-state index contributed by atoms with van der Waals surface area (Å²) in [4.78, 5) is 53.6. The summed E-state index contributed by atoms with van der Waals surface area (Å²) < 4.78 is 5.33. The Morgan fingerprint density at radius 3 is 2.18 bits per heavy atom. The highest BCUT2D eigenvalue weighted by Gasteiger charge is 2.37. The highest BCUT2D eigenvalue weighted by molar-refractivity contribution is 5.94. The Kier molecular flexibility index (Phi) is 14.5. The Morgan fingerprint density at radius 2 is 1.61 bits per heavy atom. The maximum absolute atomic E-state index is 14.0. The molecule has 9 nitrogen and oxygen atoms in total. The van der Waals surface area contributed by atoms with Crippen LogP contribution in [0, 0.1) is 6.92 Å². The van der Waals surface area contributed by atoms with Gasteiger partial charge in [-0.1, -0.05) is 70.2 Å². The SMILES string of the molecule is CCCCCCCN(C(=O)C(CC(N)=O)NC(=O)OC(C)(C)C)C(C(=O)NCCCC)c1ccccc1C. The van der Waals surface area contributed by atoms with Gasteiger partial charge in [0, 0.05) is 13.1 Å². The molecule has 0 fully saturated rings. The minimum absolute atomic E-state index is 0.286. The minimum atomic E-state index is -1.27. The molecule has 0 aliphatic rings. The van der Waals surface area contributed by atoms with Crippen LogP contribution in [0.25, 0.3) is 0 Å². The number of primary amides is 1. The lowest BCUT2D eigenvalue weighted by Crippen LogP contribution is -2.54. The number of hydrogen-bond acceptors (Lipinski definition) is 5. The van der Waals surface area contributed by atoms with E-state index in [1.54, 1.807) is 20.8 Å². The van der Waals surface area contributed by atoms with E-state index >= 15 is 0 Å². The number of hydrogen-bond donors (Lipinski definition) is 3. The van der Waals surface area contributed by atoms with Gasteiger partial charge in [-0.15, -0.1) is 0 Å². The largest absolute Gasteiger partial charge is 0.444 e. The van der Waals surface area contributed by atoms with Gasteiger partial charge in [-0.25, -0.2) is 4.79 Å². The molecule has 0 aromatic heterocycles. The number of carbonyl (C=O) groups is 4. The Balaban J connectivity index is 3.45. The Bertz CT molecular complexity index is 912. The number of nitrogens with zero attached hydrogens (tertiary/aromatic N) is 1. The molecule has 2 atom stereocenters. The van der Waals surface area contributed by atoms with E-state index in [0.717, 1.165) is 44.1 Å². The number of benzene rings is 1. The molecule has 214 valence electrons. The lowest BCUT2D eigenvalue weighted by Gasteiger charge is -2.35. The number of amides is 4. The number of alkyl carbamates (subject to hydrolysis) is 1. The van der Waals surface area contributed by atoms with E-state index < -0.39 is 42.0 Å². The Labute approximate surface area is 228 Å². The predicted octanol–water partition coefficient (Wildman–Crippen LogP) is 4.52. The molecule has 0 radical (unpaired) electrons. The van der Waals surface area contributed by atoms with Crippen LogP contribution in [-0.2, 0) is 19.1 Å². The first-order valence-corrected chi connectivity index (χ1v) is 13.8. The van der Waals surface area contributed by atoms with Crippen LogP contribution >= 0.6 is 0 Å². The molecule has 0 aliphatic carbocycles.